The number of nitrogens with zero attached hydrogens (tertiary/aromatic N) is 3. The van der Waals surface area contributed by atoms with Gasteiger partial charge in [-0.2, -0.15) is 0 Å². The van der Waals surface area contributed by atoms with E-state index in [1.165, 1.54) is 4.90 Å². The van der Waals surface area contributed by atoms with Gasteiger partial charge in [-0.1, -0.05) is 31.5 Å². The summed E-state index contributed by atoms with van der Waals surface area (Å²) in [5.41, 5.74) is 8.98. The Kier molecular flexibility index (Phi) is 6.68. The summed E-state index contributed by atoms with van der Waals surface area (Å²) in [6.45, 7) is 3.57. The van der Waals surface area contributed by atoms with E-state index in [0.29, 0.717) is 30.0 Å². The first-order valence-corrected chi connectivity index (χ1v) is 14.2. The van der Waals surface area contributed by atoms with Crippen LogP contribution in [0.25, 0.3) is 10.8 Å². The van der Waals surface area contributed by atoms with Gasteiger partial charge in [-0.3, -0.25) is 34.4 Å². The van der Waals surface area contributed by atoms with E-state index in [0.717, 1.165) is 67.1 Å². The summed E-state index contributed by atoms with van der Waals surface area (Å²) >= 11 is 0. The Labute approximate surface area is 233 Å². The van der Waals surface area contributed by atoms with Crippen molar-refractivity contribution in [3.8, 4) is 0 Å². The van der Waals surface area contributed by atoms with Gasteiger partial charge in [-0.15, -0.1) is 0 Å². The molecule has 1 unspecified atom stereocenters. The highest BCUT2D eigenvalue weighted by Crippen LogP contribution is 2.43. The molecule has 4 aliphatic rings. The summed E-state index contributed by atoms with van der Waals surface area (Å²) < 4.78 is 0. The fourth-order valence-electron chi connectivity index (χ4n) is 6.55. The molecule has 1 aliphatic carbocycles. The highest BCUT2D eigenvalue weighted by Gasteiger charge is 2.43. The van der Waals surface area contributed by atoms with Gasteiger partial charge in [0.2, 0.25) is 17.7 Å². The van der Waals surface area contributed by atoms with Gasteiger partial charge in [0.15, 0.2) is 0 Å². The predicted molar refractivity (Wildman–Crippen MR) is 153 cm³/mol. The van der Waals surface area contributed by atoms with Crippen LogP contribution in [0.1, 0.15) is 67.8 Å². The number of imide groups is 1. The van der Waals surface area contributed by atoms with Crippen LogP contribution in [0.15, 0.2) is 47.1 Å². The number of carbonyl (C=O) groups is 4. The van der Waals surface area contributed by atoms with Crippen molar-refractivity contribution in [2.24, 2.45) is 16.1 Å². The number of piperidine rings is 2. The molecular formula is C31H35N5O4. The number of carbonyl (C=O) groups excluding carboxylic acids is 4. The van der Waals surface area contributed by atoms with E-state index in [1.54, 1.807) is 12.3 Å². The van der Waals surface area contributed by atoms with E-state index in [-0.39, 0.29) is 29.7 Å². The Hall–Kier alpha value is -4.01. The normalized spacial score (nSPS) is 23.2. The smallest absolute Gasteiger partial charge is 0.259 e. The third-order valence-electron chi connectivity index (χ3n) is 9.12. The van der Waals surface area contributed by atoms with Gasteiger partial charge in [-0.25, -0.2) is 0 Å². The third kappa shape index (κ3) is 4.47. The molecule has 3 heterocycles. The van der Waals surface area contributed by atoms with E-state index in [9.17, 15) is 19.2 Å². The van der Waals surface area contributed by atoms with E-state index < -0.39 is 11.9 Å². The number of nitrogens with two attached hydrogens (primary N) is 1. The molecule has 2 saturated heterocycles. The number of anilines is 1. The number of likely N-dealkylation sites (tertiary alicyclic amines) is 1. The quantitative estimate of drug-likeness (QED) is 0.429. The SMILES string of the molecule is CC1(C(=O)N2CCC(N=CC(=CN)Cc3ccc4c5c(cccc35)C(=O)N4C3CCC(=O)NC3=O)CC2)CCC1. The Morgan fingerprint density at radius 2 is 1.90 bits per heavy atom. The fourth-order valence-corrected chi connectivity index (χ4v) is 6.55. The van der Waals surface area contributed by atoms with Gasteiger partial charge in [0.25, 0.3) is 5.91 Å². The standard InChI is InChI=1S/C31H35N5O4/c1-31(12-3-13-31)30(40)35-14-10-21(11-15-35)33-18-19(17-32)16-20-6-7-24-27-22(20)4-2-5-23(27)29(39)36(24)25-8-9-26(37)34-28(25)38/h2,4-7,17-18,21,25H,3,8-16,32H2,1H3,(H,34,37,38). The Bertz CT molecular complexity index is 1470. The lowest BCUT2D eigenvalue weighted by Crippen LogP contribution is -2.53. The van der Waals surface area contributed by atoms with E-state index >= 15 is 0 Å². The van der Waals surface area contributed by atoms with Gasteiger partial charge in [-0.05, 0) is 67.0 Å². The van der Waals surface area contributed by atoms with Crippen LogP contribution in [0, 0.1) is 5.41 Å². The molecule has 4 amide bonds. The van der Waals surface area contributed by atoms with Crippen molar-refractivity contribution in [2.75, 3.05) is 18.0 Å². The number of rotatable bonds is 6. The van der Waals surface area contributed by atoms with E-state index in [1.807, 2.05) is 35.4 Å². The molecule has 2 aromatic rings. The molecule has 40 heavy (non-hydrogen) atoms. The van der Waals surface area contributed by atoms with Crippen molar-refractivity contribution in [3.05, 3.63) is 53.2 Å². The number of amides is 4. The zero-order chi connectivity index (χ0) is 28.0. The topological polar surface area (TPSA) is 125 Å². The third-order valence-corrected chi connectivity index (χ3v) is 9.12. The second kappa shape index (κ2) is 10.2. The lowest BCUT2D eigenvalue weighted by atomic mass is 9.69. The molecule has 0 bridgehead atoms. The molecule has 0 radical (unpaired) electrons. The monoisotopic (exact) mass is 541 g/mol. The number of nitrogens with one attached hydrogen (secondary N) is 1. The Morgan fingerprint density at radius 3 is 2.58 bits per heavy atom. The Balaban J connectivity index is 1.17. The molecule has 6 rings (SSSR count). The molecule has 1 saturated carbocycles. The zero-order valence-corrected chi connectivity index (χ0v) is 22.8. The predicted octanol–water partition coefficient (Wildman–Crippen LogP) is 3.24. The van der Waals surface area contributed by atoms with Crippen LogP contribution in [-0.4, -0.2) is 59.9 Å². The summed E-state index contributed by atoms with van der Waals surface area (Å²) in [6.07, 6.45) is 9.29. The van der Waals surface area contributed by atoms with Crippen molar-refractivity contribution >= 4 is 46.3 Å². The highest BCUT2D eigenvalue weighted by molar-refractivity contribution is 6.27. The Morgan fingerprint density at radius 1 is 1.12 bits per heavy atom. The van der Waals surface area contributed by atoms with Gasteiger partial charge in [0.1, 0.15) is 6.04 Å². The van der Waals surface area contributed by atoms with Gasteiger partial charge < -0.3 is 10.6 Å². The van der Waals surface area contributed by atoms with Crippen LogP contribution in [-0.2, 0) is 20.8 Å². The minimum absolute atomic E-state index is 0.153. The van der Waals surface area contributed by atoms with Crippen molar-refractivity contribution < 1.29 is 19.2 Å². The zero-order valence-electron chi connectivity index (χ0n) is 22.8. The largest absolute Gasteiger partial charge is 0.404 e. The average molecular weight is 542 g/mol. The van der Waals surface area contributed by atoms with Gasteiger partial charge in [0.05, 0.1) is 11.7 Å². The van der Waals surface area contributed by atoms with E-state index in [2.05, 4.69) is 12.2 Å². The summed E-state index contributed by atoms with van der Waals surface area (Å²) in [5.74, 6) is -0.674. The molecule has 2 aromatic carbocycles. The van der Waals surface area contributed by atoms with E-state index in [4.69, 9.17) is 10.7 Å². The highest BCUT2D eigenvalue weighted by atomic mass is 16.2. The second-order valence-corrected chi connectivity index (χ2v) is 11.7. The number of benzene rings is 2. The molecule has 3 aliphatic heterocycles. The summed E-state index contributed by atoms with van der Waals surface area (Å²) in [4.78, 5) is 58.9. The number of hydrogen-bond acceptors (Lipinski definition) is 6. The van der Waals surface area contributed by atoms with Gasteiger partial charge in [0, 0.05) is 48.5 Å². The van der Waals surface area contributed by atoms with Crippen molar-refractivity contribution in [3.63, 3.8) is 0 Å². The van der Waals surface area contributed by atoms with Crippen LogP contribution in [0.4, 0.5) is 5.69 Å². The molecule has 9 nitrogen and oxygen atoms in total. The molecule has 208 valence electrons. The van der Waals surface area contributed by atoms with Crippen LogP contribution >= 0.6 is 0 Å². The molecule has 1 atom stereocenters. The second-order valence-electron chi connectivity index (χ2n) is 11.7. The van der Waals surface area contributed by atoms with Crippen LogP contribution < -0.4 is 16.0 Å². The first kappa shape index (κ1) is 26.2. The lowest BCUT2D eigenvalue weighted by molar-refractivity contribution is -0.147. The molecule has 3 N–H and O–H groups in total. The molecule has 0 spiro atoms. The van der Waals surface area contributed by atoms with Crippen molar-refractivity contribution in [1.82, 2.24) is 10.2 Å². The maximum atomic E-state index is 13.4. The molecule has 9 heteroatoms. The maximum absolute atomic E-state index is 13.4. The van der Waals surface area contributed by atoms with Gasteiger partial charge >= 0.3 is 0 Å². The summed E-state index contributed by atoms with van der Waals surface area (Å²) in [6, 6.07) is 8.93. The van der Waals surface area contributed by atoms with Crippen molar-refractivity contribution in [2.45, 2.75) is 70.4 Å². The maximum Gasteiger partial charge on any atom is 0.259 e. The minimum Gasteiger partial charge on any atom is -0.404 e. The fraction of sp³-hybridized carbons (Fsp3) is 0.452. The van der Waals surface area contributed by atoms with Crippen LogP contribution in [0.5, 0.6) is 0 Å². The minimum atomic E-state index is -0.712. The number of aliphatic imine (C=N–C) groups is 1. The first-order chi connectivity index (χ1) is 19.3. The number of hydrogen-bond donors (Lipinski definition) is 2. The average Bonchev–Trinajstić information content (AvgIpc) is 3.23. The number of allylic oxidation sites excluding steroid dienone is 1. The van der Waals surface area contributed by atoms with Crippen LogP contribution in [0.3, 0.4) is 0 Å². The van der Waals surface area contributed by atoms with Crippen molar-refractivity contribution in [1.29, 1.82) is 0 Å². The molecule has 0 aromatic heterocycles. The lowest BCUT2D eigenvalue weighted by Gasteiger charge is -2.42. The summed E-state index contributed by atoms with van der Waals surface area (Å²) in [7, 11) is 0. The van der Waals surface area contributed by atoms with Crippen LogP contribution in [0.2, 0.25) is 0 Å². The molecular weight excluding hydrogens is 506 g/mol. The first-order valence-electron chi connectivity index (χ1n) is 14.2. The molecule has 3 fully saturated rings. The summed E-state index contributed by atoms with van der Waals surface area (Å²) in [5, 5.41) is 4.12.